The van der Waals surface area contributed by atoms with Gasteiger partial charge in [-0.1, -0.05) is 11.6 Å². The van der Waals surface area contributed by atoms with Crippen LogP contribution in [-0.2, 0) is 13.6 Å². The zero-order chi connectivity index (χ0) is 16.2. The van der Waals surface area contributed by atoms with E-state index < -0.39 is 0 Å². The summed E-state index contributed by atoms with van der Waals surface area (Å²) in [5.41, 5.74) is 0.952. The molecule has 0 aromatic carbocycles. The maximum atomic E-state index is 12.0. The average molecular weight is 335 g/mol. The van der Waals surface area contributed by atoms with Gasteiger partial charge in [0, 0.05) is 38.6 Å². The standard InChI is InChI=1S/C15H19ClN6O/c1-21-12(4-7-19-21)9-18-15(23)20-11-5-8-22(10-11)14-13(16)3-2-6-17-14/h2-4,6-7,11H,5,8-10H2,1H3,(H2,18,20,23)/t11-/m1/s1. The van der Waals surface area contributed by atoms with Crippen LogP contribution in [0.2, 0.25) is 5.02 Å². The van der Waals surface area contributed by atoms with Crippen molar-refractivity contribution in [1.29, 1.82) is 0 Å². The minimum Gasteiger partial charge on any atom is -0.353 e. The summed E-state index contributed by atoms with van der Waals surface area (Å²) < 4.78 is 1.74. The van der Waals surface area contributed by atoms with Crippen LogP contribution in [-0.4, -0.2) is 39.9 Å². The number of rotatable bonds is 4. The van der Waals surface area contributed by atoms with E-state index in [0.29, 0.717) is 18.1 Å². The van der Waals surface area contributed by atoms with Crippen molar-refractivity contribution in [3.05, 3.63) is 41.3 Å². The number of hydrogen-bond acceptors (Lipinski definition) is 4. The second-order valence-corrected chi connectivity index (χ2v) is 5.92. The Morgan fingerprint density at radius 1 is 1.43 bits per heavy atom. The molecule has 2 N–H and O–H groups in total. The first-order valence-electron chi connectivity index (χ1n) is 7.50. The molecule has 1 atom stereocenters. The van der Waals surface area contributed by atoms with E-state index in [4.69, 9.17) is 11.6 Å². The van der Waals surface area contributed by atoms with Crippen LogP contribution in [0.1, 0.15) is 12.1 Å². The fourth-order valence-electron chi connectivity index (χ4n) is 2.66. The van der Waals surface area contributed by atoms with E-state index in [1.165, 1.54) is 0 Å². The molecule has 2 aromatic heterocycles. The van der Waals surface area contributed by atoms with E-state index >= 15 is 0 Å². The maximum Gasteiger partial charge on any atom is 0.315 e. The molecular formula is C15H19ClN6O. The third kappa shape index (κ3) is 3.73. The zero-order valence-corrected chi connectivity index (χ0v) is 13.6. The van der Waals surface area contributed by atoms with Crippen LogP contribution in [0.5, 0.6) is 0 Å². The minimum atomic E-state index is -0.176. The van der Waals surface area contributed by atoms with Gasteiger partial charge < -0.3 is 15.5 Å². The van der Waals surface area contributed by atoms with Gasteiger partial charge in [0.2, 0.25) is 0 Å². The number of nitrogens with one attached hydrogen (secondary N) is 2. The van der Waals surface area contributed by atoms with E-state index in [9.17, 15) is 4.79 Å². The zero-order valence-electron chi connectivity index (χ0n) is 12.9. The van der Waals surface area contributed by atoms with Crippen LogP contribution in [0.3, 0.4) is 0 Å². The molecule has 0 bridgehead atoms. The highest BCUT2D eigenvalue weighted by Crippen LogP contribution is 2.25. The Bertz CT molecular complexity index is 688. The van der Waals surface area contributed by atoms with E-state index in [0.717, 1.165) is 24.5 Å². The number of amides is 2. The molecule has 0 spiro atoms. The molecule has 122 valence electrons. The molecule has 1 fully saturated rings. The van der Waals surface area contributed by atoms with Gasteiger partial charge in [-0.3, -0.25) is 4.68 Å². The van der Waals surface area contributed by atoms with Crippen LogP contribution in [0.4, 0.5) is 10.6 Å². The van der Waals surface area contributed by atoms with E-state index in [1.807, 2.05) is 25.2 Å². The van der Waals surface area contributed by atoms with Crippen LogP contribution in [0, 0.1) is 0 Å². The van der Waals surface area contributed by atoms with Gasteiger partial charge in [-0.05, 0) is 24.6 Å². The molecule has 1 aliphatic heterocycles. The molecule has 8 heteroatoms. The molecule has 3 heterocycles. The van der Waals surface area contributed by atoms with Crippen LogP contribution in [0.25, 0.3) is 0 Å². The van der Waals surface area contributed by atoms with Gasteiger partial charge in [0.25, 0.3) is 0 Å². The smallest absolute Gasteiger partial charge is 0.315 e. The topological polar surface area (TPSA) is 75.1 Å². The number of pyridine rings is 1. The van der Waals surface area contributed by atoms with Crippen LogP contribution in [0.15, 0.2) is 30.6 Å². The largest absolute Gasteiger partial charge is 0.353 e. The molecule has 0 radical (unpaired) electrons. The fraction of sp³-hybridized carbons (Fsp3) is 0.400. The predicted molar refractivity (Wildman–Crippen MR) is 88.4 cm³/mol. The Balaban J connectivity index is 1.49. The highest BCUT2D eigenvalue weighted by molar-refractivity contribution is 6.32. The predicted octanol–water partition coefficient (Wildman–Crippen LogP) is 1.55. The lowest BCUT2D eigenvalue weighted by molar-refractivity contribution is 0.237. The number of aromatic nitrogens is 3. The van der Waals surface area contributed by atoms with Crippen molar-refractivity contribution in [2.75, 3.05) is 18.0 Å². The number of nitrogens with zero attached hydrogens (tertiary/aromatic N) is 4. The van der Waals surface area contributed by atoms with E-state index in [1.54, 1.807) is 17.1 Å². The normalized spacial score (nSPS) is 17.3. The molecule has 0 saturated carbocycles. The molecule has 2 aromatic rings. The fourth-order valence-corrected chi connectivity index (χ4v) is 2.90. The Kier molecular flexibility index (Phi) is 4.66. The SMILES string of the molecule is Cn1nccc1CNC(=O)N[C@@H]1CCN(c2ncccc2Cl)C1. The Morgan fingerprint density at radius 3 is 3.04 bits per heavy atom. The van der Waals surface area contributed by atoms with Gasteiger partial charge in [-0.2, -0.15) is 5.10 Å². The van der Waals surface area contributed by atoms with Crippen molar-refractivity contribution < 1.29 is 4.79 Å². The first-order valence-corrected chi connectivity index (χ1v) is 7.88. The minimum absolute atomic E-state index is 0.0830. The second-order valence-electron chi connectivity index (χ2n) is 5.51. The van der Waals surface area contributed by atoms with Crippen LogP contribution >= 0.6 is 11.6 Å². The van der Waals surface area contributed by atoms with E-state index in [2.05, 4.69) is 25.6 Å². The summed E-state index contributed by atoms with van der Waals surface area (Å²) in [6, 6.07) is 5.42. The molecule has 1 saturated heterocycles. The van der Waals surface area contributed by atoms with Gasteiger partial charge in [0.15, 0.2) is 0 Å². The summed E-state index contributed by atoms with van der Waals surface area (Å²) >= 11 is 6.17. The number of urea groups is 1. The number of halogens is 1. The third-order valence-electron chi connectivity index (χ3n) is 3.91. The summed E-state index contributed by atoms with van der Waals surface area (Å²) in [5.74, 6) is 0.772. The van der Waals surface area contributed by atoms with Crippen LogP contribution < -0.4 is 15.5 Å². The molecule has 3 rings (SSSR count). The monoisotopic (exact) mass is 334 g/mol. The summed E-state index contributed by atoms with van der Waals surface area (Å²) in [7, 11) is 1.85. The first-order chi connectivity index (χ1) is 11.1. The number of carbonyl (C=O) groups excluding carboxylic acids is 1. The van der Waals surface area contributed by atoms with Crippen molar-refractivity contribution in [1.82, 2.24) is 25.4 Å². The van der Waals surface area contributed by atoms with Crippen molar-refractivity contribution in [2.24, 2.45) is 7.05 Å². The lowest BCUT2D eigenvalue weighted by Gasteiger charge is -2.19. The number of carbonyl (C=O) groups is 1. The van der Waals surface area contributed by atoms with Crippen molar-refractivity contribution in [2.45, 2.75) is 19.0 Å². The van der Waals surface area contributed by atoms with Gasteiger partial charge in [-0.15, -0.1) is 0 Å². The Labute approximate surface area is 139 Å². The average Bonchev–Trinajstić information content (AvgIpc) is 3.15. The van der Waals surface area contributed by atoms with Crippen molar-refractivity contribution >= 4 is 23.4 Å². The van der Waals surface area contributed by atoms with Gasteiger partial charge >= 0.3 is 6.03 Å². The van der Waals surface area contributed by atoms with Gasteiger partial charge in [0.1, 0.15) is 5.82 Å². The summed E-state index contributed by atoms with van der Waals surface area (Å²) in [6.07, 6.45) is 4.30. The quantitative estimate of drug-likeness (QED) is 0.889. The number of hydrogen-bond donors (Lipinski definition) is 2. The van der Waals surface area contributed by atoms with E-state index in [-0.39, 0.29) is 12.1 Å². The number of aryl methyl sites for hydroxylation is 1. The highest BCUT2D eigenvalue weighted by Gasteiger charge is 2.25. The molecular weight excluding hydrogens is 316 g/mol. The lowest BCUT2D eigenvalue weighted by atomic mass is 10.3. The second kappa shape index (κ2) is 6.87. The molecule has 1 aliphatic rings. The third-order valence-corrected chi connectivity index (χ3v) is 4.21. The summed E-state index contributed by atoms with van der Waals surface area (Å²) in [6.45, 7) is 1.98. The first kappa shape index (κ1) is 15.6. The van der Waals surface area contributed by atoms with Crippen molar-refractivity contribution in [3.63, 3.8) is 0 Å². The lowest BCUT2D eigenvalue weighted by Crippen LogP contribution is -2.43. The Hall–Kier alpha value is -2.28. The number of anilines is 1. The van der Waals surface area contributed by atoms with Gasteiger partial charge in [0.05, 0.1) is 17.3 Å². The summed E-state index contributed by atoms with van der Waals surface area (Å²) in [5, 5.41) is 10.5. The molecule has 7 nitrogen and oxygen atoms in total. The van der Waals surface area contributed by atoms with Crippen molar-refractivity contribution in [3.8, 4) is 0 Å². The molecule has 0 unspecified atom stereocenters. The molecule has 23 heavy (non-hydrogen) atoms. The van der Waals surface area contributed by atoms with Gasteiger partial charge in [-0.25, -0.2) is 9.78 Å². The summed E-state index contributed by atoms with van der Waals surface area (Å²) in [4.78, 5) is 18.4. The highest BCUT2D eigenvalue weighted by atomic mass is 35.5. The molecule has 2 amide bonds. The Morgan fingerprint density at radius 2 is 2.30 bits per heavy atom. The molecule has 0 aliphatic carbocycles. The maximum absolute atomic E-state index is 12.0.